The molecule has 1 aliphatic carbocycles. The van der Waals surface area contributed by atoms with Gasteiger partial charge in [0.25, 0.3) is 0 Å². The van der Waals surface area contributed by atoms with Crippen LogP contribution in [-0.4, -0.2) is 59.8 Å². The van der Waals surface area contributed by atoms with Gasteiger partial charge in [-0.1, -0.05) is 85.3 Å². The van der Waals surface area contributed by atoms with E-state index in [0.29, 0.717) is 51.9 Å². The lowest BCUT2D eigenvalue weighted by atomic mass is 9.97. The topological polar surface area (TPSA) is 108 Å². The van der Waals surface area contributed by atoms with Gasteiger partial charge < -0.3 is 20.5 Å². The van der Waals surface area contributed by atoms with Gasteiger partial charge in [-0.05, 0) is 47.1 Å². The van der Waals surface area contributed by atoms with Crippen molar-refractivity contribution >= 4 is 18.0 Å². The van der Waals surface area contributed by atoms with Crippen LogP contribution in [0.15, 0.2) is 78.9 Å². The Morgan fingerprint density at radius 3 is 2.22 bits per heavy atom. The first-order valence-corrected chi connectivity index (χ1v) is 14.3. The number of aliphatic carboxylic acids is 1. The molecule has 0 spiro atoms. The summed E-state index contributed by atoms with van der Waals surface area (Å²) in [6, 6.07) is 26.4. The summed E-state index contributed by atoms with van der Waals surface area (Å²) in [5.41, 5.74) is 4.60. The van der Waals surface area contributed by atoms with E-state index < -0.39 is 17.6 Å². The number of hydrogen-bond donors (Lipinski definition) is 3. The highest BCUT2D eigenvalue weighted by atomic mass is 16.5. The molecule has 3 aromatic rings. The molecule has 0 bridgehead atoms. The van der Waals surface area contributed by atoms with Crippen LogP contribution in [0.4, 0.5) is 4.79 Å². The van der Waals surface area contributed by atoms with Crippen molar-refractivity contribution in [3.63, 3.8) is 0 Å². The maximum absolute atomic E-state index is 13.5. The van der Waals surface area contributed by atoms with Gasteiger partial charge in [0.05, 0.1) is 0 Å². The van der Waals surface area contributed by atoms with Crippen LogP contribution < -0.4 is 10.6 Å². The van der Waals surface area contributed by atoms with Crippen LogP contribution in [0.5, 0.6) is 0 Å². The Bertz CT molecular complexity index is 1330. The number of ether oxygens (including phenoxy) is 1. The van der Waals surface area contributed by atoms with Crippen molar-refractivity contribution in [1.82, 2.24) is 15.5 Å². The minimum atomic E-state index is -1.11. The average molecular weight is 556 g/mol. The fraction of sp³-hybridized carbons (Fsp3) is 0.364. The molecule has 0 aromatic heterocycles. The molecular formula is C33H37N3O5. The van der Waals surface area contributed by atoms with Crippen LogP contribution in [-0.2, 0) is 20.9 Å². The quantitative estimate of drug-likeness (QED) is 0.274. The van der Waals surface area contributed by atoms with Gasteiger partial charge in [-0.15, -0.1) is 0 Å². The molecule has 3 aromatic carbocycles. The number of hydrogen-bond acceptors (Lipinski definition) is 5. The van der Waals surface area contributed by atoms with E-state index in [1.165, 1.54) is 0 Å². The number of carboxylic acid groups (broad SMARTS) is 1. The summed E-state index contributed by atoms with van der Waals surface area (Å²) >= 11 is 0. The zero-order valence-electron chi connectivity index (χ0n) is 23.2. The molecule has 214 valence electrons. The molecule has 1 unspecified atom stereocenters. The number of carbonyl (C=O) groups excluding carboxylic acids is 2. The molecule has 1 saturated heterocycles. The zero-order valence-corrected chi connectivity index (χ0v) is 23.2. The Labute approximate surface area is 240 Å². The van der Waals surface area contributed by atoms with Crippen molar-refractivity contribution in [2.45, 2.75) is 50.1 Å². The monoisotopic (exact) mass is 555 g/mol. The predicted octanol–water partition coefficient (Wildman–Crippen LogP) is 4.93. The van der Waals surface area contributed by atoms with E-state index in [2.05, 4.69) is 51.9 Å². The second-order valence-corrected chi connectivity index (χ2v) is 10.9. The number of nitrogens with one attached hydrogen (secondary N) is 2. The molecule has 1 atom stereocenters. The molecule has 5 rings (SSSR count). The lowest BCUT2D eigenvalue weighted by Crippen LogP contribution is -2.60. The number of alkyl carbamates (subject to hydrolysis) is 1. The Morgan fingerprint density at radius 2 is 1.54 bits per heavy atom. The number of likely N-dealkylation sites (tertiary alicyclic amines) is 1. The van der Waals surface area contributed by atoms with Crippen molar-refractivity contribution in [1.29, 1.82) is 0 Å². The van der Waals surface area contributed by atoms with Crippen LogP contribution in [0.25, 0.3) is 11.1 Å². The summed E-state index contributed by atoms with van der Waals surface area (Å²) in [6.07, 6.45) is 1.93. The van der Waals surface area contributed by atoms with Crippen molar-refractivity contribution in [2.24, 2.45) is 0 Å². The van der Waals surface area contributed by atoms with Gasteiger partial charge in [0.15, 0.2) is 0 Å². The standard InChI is InChI=1S/C33H37N3O5/c37-30(38)17-5-2-10-19-34-31(39)33(18-20-36(23-33)21-24-11-3-1-4-12-24)35-32(40)41-22-29-27-15-8-6-13-25(27)26-14-7-9-16-28(26)29/h1,3-4,6-9,11-16,29H,2,5,10,17-23H2,(H,34,39)(H,35,40)(H,37,38). The van der Waals surface area contributed by atoms with Gasteiger partial charge >= 0.3 is 12.1 Å². The lowest BCUT2D eigenvalue weighted by Gasteiger charge is -2.29. The summed E-state index contributed by atoms with van der Waals surface area (Å²) in [6.45, 7) is 2.30. The van der Waals surface area contributed by atoms with E-state index >= 15 is 0 Å². The number of benzene rings is 3. The normalized spacial score (nSPS) is 18.0. The van der Waals surface area contributed by atoms with Crippen molar-refractivity contribution in [2.75, 3.05) is 26.2 Å². The summed E-state index contributed by atoms with van der Waals surface area (Å²) in [5.74, 6) is -1.12. The second-order valence-electron chi connectivity index (χ2n) is 10.9. The van der Waals surface area contributed by atoms with Crippen LogP contribution in [0.1, 0.15) is 54.7 Å². The summed E-state index contributed by atoms with van der Waals surface area (Å²) < 4.78 is 5.81. The summed E-state index contributed by atoms with van der Waals surface area (Å²) in [7, 11) is 0. The summed E-state index contributed by atoms with van der Waals surface area (Å²) in [5, 5.41) is 14.8. The predicted molar refractivity (Wildman–Crippen MR) is 156 cm³/mol. The fourth-order valence-corrected chi connectivity index (χ4v) is 5.99. The smallest absolute Gasteiger partial charge is 0.408 e. The molecule has 2 amide bonds. The third-order valence-electron chi connectivity index (χ3n) is 8.07. The molecule has 1 heterocycles. The largest absolute Gasteiger partial charge is 0.481 e. The fourth-order valence-electron chi connectivity index (χ4n) is 5.99. The molecule has 2 aliphatic rings. The number of nitrogens with zero attached hydrogens (tertiary/aromatic N) is 1. The first-order valence-electron chi connectivity index (χ1n) is 14.3. The molecule has 0 saturated carbocycles. The van der Waals surface area contributed by atoms with E-state index in [1.807, 2.05) is 42.5 Å². The van der Waals surface area contributed by atoms with Crippen LogP contribution in [0.3, 0.4) is 0 Å². The number of carbonyl (C=O) groups is 3. The lowest BCUT2D eigenvalue weighted by molar-refractivity contribution is -0.137. The van der Waals surface area contributed by atoms with E-state index in [0.717, 1.165) is 27.8 Å². The Hall–Kier alpha value is -4.17. The maximum atomic E-state index is 13.5. The molecule has 1 aliphatic heterocycles. The van der Waals surface area contributed by atoms with E-state index in [4.69, 9.17) is 9.84 Å². The first kappa shape index (κ1) is 28.4. The number of unbranched alkanes of at least 4 members (excludes halogenated alkanes) is 2. The van der Waals surface area contributed by atoms with E-state index in [-0.39, 0.29) is 24.9 Å². The SMILES string of the molecule is O=C(O)CCCCCNC(=O)C1(NC(=O)OCC2c3ccccc3-c3ccccc32)CCN(Cc2ccccc2)C1. The Balaban J connectivity index is 1.23. The molecule has 8 heteroatoms. The first-order chi connectivity index (χ1) is 19.9. The number of amides is 2. The van der Waals surface area contributed by atoms with E-state index in [9.17, 15) is 14.4 Å². The Kier molecular flexibility index (Phi) is 8.99. The zero-order chi connectivity index (χ0) is 28.7. The molecule has 0 radical (unpaired) electrons. The van der Waals surface area contributed by atoms with Crippen LogP contribution >= 0.6 is 0 Å². The van der Waals surface area contributed by atoms with Crippen molar-refractivity contribution in [3.8, 4) is 11.1 Å². The number of rotatable bonds is 12. The molecule has 8 nitrogen and oxygen atoms in total. The highest BCUT2D eigenvalue weighted by molar-refractivity contribution is 5.90. The molecule has 41 heavy (non-hydrogen) atoms. The highest BCUT2D eigenvalue weighted by Crippen LogP contribution is 2.44. The third kappa shape index (κ3) is 6.77. The molecular weight excluding hydrogens is 518 g/mol. The van der Waals surface area contributed by atoms with Gasteiger partial charge in [0, 0.05) is 38.5 Å². The van der Waals surface area contributed by atoms with E-state index in [1.54, 1.807) is 0 Å². The number of carboxylic acids is 1. The number of fused-ring (bicyclic) bond motifs is 3. The van der Waals surface area contributed by atoms with Gasteiger partial charge in [-0.3, -0.25) is 14.5 Å². The van der Waals surface area contributed by atoms with Crippen molar-refractivity contribution < 1.29 is 24.2 Å². The molecule has 3 N–H and O–H groups in total. The van der Waals surface area contributed by atoms with Crippen LogP contribution in [0, 0.1) is 0 Å². The average Bonchev–Trinajstić information content (AvgIpc) is 3.53. The van der Waals surface area contributed by atoms with Gasteiger partial charge in [-0.25, -0.2) is 4.79 Å². The van der Waals surface area contributed by atoms with Gasteiger partial charge in [0.1, 0.15) is 12.1 Å². The third-order valence-corrected chi connectivity index (χ3v) is 8.07. The second kappa shape index (κ2) is 13.0. The van der Waals surface area contributed by atoms with Crippen molar-refractivity contribution in [3.05, 3.63) is 95.6 Å². The van der Waals surface area contributed by atoms with Gasteiger partial charge in [-0.2, -0.15) is 0 Å². The Morgan fingerprint density at radius 1 is 0.878 bits per heavy atom. The summed E-state index contributed by atoms with van der Waals surface area (Å²) in [4.78, 5) is 39.7. The van der Waals surface area contributed by atoms with Crippen LogP contribution in [0.2, 0.25) is 0 Å². The molecule has 1 fully saturated rings. The minimum absolute atomic E-state index is 0.0677. The maximum Gasteiger partial charge on any atom is 0.408 e. The highest BCUT2D eigenvalue weighted by Gasteiger charge is 2.46. The van der Waals surface area contributed by atoms with Gasteiger partial charge in [0.2, 0.25) is 5.91 Å². The minimum Gasteiger partial charge on any atom is -0.481 e.